The molecule has 5 heterocycles. The summed E-state index contributed by atoms with van der Waals surface area (Å²) in [5.41, 5.74) is 8.69. The fourth-order valence-electron chi connectivity index (χ4n) is 4.94. The second-order valence-corrected chi connectivity index (χ2v) is 10.8. The molecule has 0 spiro atoms. The van der Waals surface area contributed by atoms with Gasteiger partial charge < -0.3 is 15.4 Å². The van der Waals surface area contributed by atoms with Crippen LogP contribution < -0.4 is 15.4 Å². The number of alkyl halides is 3. The highest BCUT2D eigenvalue weighted by Gasteiger charge is 2.41. The quantitative estimate of drug-likeness (QED) is 0.257. The lowest BCUT2D eigenvalue weighted by Gasteiger charge is -2.48. The first kappa shape index (κ1) is 27.2. The maximum atomic E-state index is 12.8. The van der Waals surface area contributed by atoms with Gasteiger partial charge in [-0.05, 0) is 49.2 Å². The molecule has 1 saturated heterocycles. The smallest absolute Gasteiger partial charge is 0.486 e. The van der Waals surface area contributed by atoms with Crippen LogP contribution >= 0.6 is 23.2 Å². The van der Waals surface area contributed by atoms with Gasteiger partial charge in [0.05, 0.1) is 27.3 Å². The molecule has 1 aliphatic heterocycles. The van der Waals surface area contributed by atoms with Gasteiger partial charge in [-0.1, -0.05) is 23.2 Å². The number of H-pyrrole nitrogens is 1. The summed E-state index contributed by atoms with van der Waals surface area (Å²) in [6.07, 6.45) is 0.448. The number of ether oxygens (including phenoxy) is 1. The van der Waals surface area contributed by atoms with Crippen molar-refractivity contribution in [3.63, 3.8) is 0 Å². The van der Waals surface area contributed by atoms with E-state index in [0.29, 0.717) is 57.2 Å². The average Bonchev–Trinajstić information content (AvgIpc) is 3.54. The number of hydrogen-bond acceptors (Lipinski definition) is 8. The molecule has 0 unspecified atom stereocenters. The lowest BCUT2D eigenvalue weighted by molar-refractivity contribution is -0.212. The first-order valence-electron chi connectivity index (χ1n) is 12.4. The molecule has 1 atom stereocenters. The van der Waals surface area contributed by atoms with E-state index in [-0.39, 0.29) is 11.1 Å². The predicted molar refractivity (Wildman–Crippen MR) is 147 cm³/mol. The van der Waals surface area contributed by atoms with Crippen molar-refractivity contribution in [3.8, 4) is 17.1 Å². The van der Waals surface area contributed by atoms with Crippen molar-refractivity contribution in [2.24, 2.45) is 5.73 Å². The number of nitrogens with one attached hydrogen (secondary N) is 1. The number of benzene rings is 1. The number of halogens is 5. The summed E-state index contributed by atoms with van der Waals surface area (Å²) in [7, 11) is 0. The normalized spacial score (nSPS) is 15.6. The fourth-order valence-corrected chi connectivity index (χ4v) is 5.61. The topological polar surface area (TPSA) is 124 Å². The summed E-state index contributed by atoms with van der Waals surface area (Å²) in [5, 5.41) is 21.1. The van der Waals surface area contributed by atoms with E-state index in [4.69, 9.17) is 33.7 Å². The minimum absolute atomic E-state index is 0.0209. The van der Waals surface area contributed by atoms with Crippen LogP contribution in [0.15, 0.2) is 55.1 Å². The van der Waals surface area contributed by atoms with Crippen molar-refractivity contribution in [2.45, 2.75) is 31.3 Å². The summed E-state index contributed by atoms with van der Waals surface area (Å²) >= 11 is 12.6. The highest BCUT2D eigenvalue weighted by atomic mass is 35.5. The monoisotopic (exact) mass is 603 g/mol. The van der Waals surface area contributed by atoms with E-state index in [0.717, 1.165) is 17.1 Å². The Hall–Kier alpha value is -3.94. The van der Waals surface area contributed by atoms with Crippen LogP contribution in [0.5, 0.6) is 5.75 Å². The molecule has 3 N–H and O–H groups in total. The Morgan fingerprint density at radius 1 is 1.10 bits per heavy atom. The van der Waals surface area contributed by atoms with Gasteiger partial charge in [-0.15, -0.1) is 23.4 Å². The Kier molecular flexibility index (Phi) is 6.75. The second-order valence-electron chi connectivity index (χ2n) is 9.99. The van der Waals surface area contributed by atoms with Crippen LogP contribution in [0.2, 0.25) is 10.0 Å². The van der Waals surface area contributed by atoms with Crippen molar-refractivity contribution in [1.82, 2.24) is 35.2 Å². The molecule has 15 heteroatoms. The van der Waals surface area contributed by atoms with Gasteiger partial charge in [0.2, 0.25) is 0 Å². The van der Waals surface area contributed by atoms with Crippen LogP contribution in [-0.2, 0) is 12.7 Å². The maximum Gasteiger partial charge on any atom is 0.504 e. The SMILES string of the molecule is C[C@@H](Oc1ccc2[nH]nc(-c3ccc(N4CC(N)(Cc5cnn(C(F)(F)F)c5)C4)nn3)c2c1)c1c(Cl)cncc1Cl. The van der Waals surface area contributed by atoms with E-state index >= 15 is 0 Å². The van der Waals surface area contributed by atoms with Crippen molar-refractivity contribution in [1.29, 1.82) is 0 Å². The number of rotatable bonds is 7. The Morgan fingerprint density at radius 3 is 2.51 bits per heavy atom. The average molecular weight is 604 g/mol. The van der Waals surface area contributed by atoms with Gasteiger partial charge in [-0.3, -0.25) is 10.1 Å². The Morgan fingerprint density at radius 2 is 1.85 bits per heavy atom. The molecule has 1 fully saturated rings. The molecule has 212 valence electrons. The number of nitrogens with zero attached hydrogens (tertiary/aromatic N) is 7. The second kappa shape index (κ2) is 10.2. The number of fused-ring (bicyclic) bond motifs is 1. The third-order valence-corrected chi connectivity index (χ3v) is 7.43. The number of anilines is 1. The van der Waals surface area contributed by atoms with Gasteiger partial charge in [0, 0.05) is 42.6 Å². The molecule has 4 aromatic heterocycles. The van der Waals surface area contributed by atoms with Crippen LogP contribution in [0, 0.1) is 0 Å². The minimum Gasteiger partial charge on any atom is -0.486 e. The van der Waals surface area contributed by atoms with E-state index in [9.17, 15) is 13.2 Å². The van der Waals surface area contributed by atoms with Gasteiger partial charge >= 0.3 is 6.30 Å². The maximum absolute atomic E-state index is 12.8. The largest absolute Gasteiger partial charge is 0.504 e. The standard InChI is InChI=1S/C26H22Cl2F3N9O/c1-14(23-18(27)9-33-10-19(23)28)41-16-2-3-20-17(6-16)24(38-35-20)21-4-5-22(37-36-21)39-12-25(32,13-39)7-15-8-34-40(11-15)26(29,30)31/h2-6,8-11,14H,7,12-13,32H2,1H3,(H,35,38)/t14-/m1/s1. The summed E-state index contributed by atoms with van der Waals surface area (Å²) in [5.74, 6) is 1.19. The van der Waals surface area contributed by atoms with Gasteiger partial charge in [-0.2, -0.15) is 14.9 Å². The molecule has 0 amide bonds. The summed E-state index contributed by atoms with van der Waals surface area (Å²) in [6, 6.07) is 9.12. The van der Waals surface area contributed by atoms with Crippen LogP contribution in [0.4, 0.5) is 19.0 Å². The van der Waals surface area contributed by atoms with Crippen LogP contribution in [0.25, 0.3) is 22.3 Å². The lowest BCUT2D eigenvalue weighted by Crippen LogP contribution is -2.68. The predicted octanol–water partition coefficient (Wildman–Crippen LogP) is 5.29. The highest BCUT2D eigenvalue weighted by molar-refractivity contribution is 6.35. The van der Waals surface area contributed by atoms with Gasteiger partial charge in [-0.25, -0.2) is 0 Å². The molecule has 0 aliphatic carbocycles. The van der Waals surface area contributed by atoms with Gasteiger partial charge in [0.15, 0.2) is 5.82 Å². The molecule has 1 aliphatic rings. The fraction of sp³-hybridized carbons (Fsp3) is 0.269. The Labute approximate surface area is 241 Å². The molecule has 5 aromatic rings. The number of nitrogens with two attached hydrogens (primary N) is 1. The zero-order valence-electron chi connectivity index (χ0n) is 21.4. The molecule has 0 radical (unpaired) electrons. The number of aromatic amines is 1. The Balaban J connectivity index is 1.14. The van der Waals surface area contributed by atoms with Crippen molar-refractivity contribution < 1.29 is 17.9 Å². The molecule has 0 bridgehead atoms. The van der Waals surface area contributed by atoms with Crippen LogP contribution in [0.1, 0.15) is 24.2 Å². The molecule has 41 heavy (non-hydrogen) atoms. The van der Waals surface area contributed by atoms with Gasteiger partial charge in [0.25, 0.3) is 0 Å². The first-order valence-corrected chi connectivity index (χ1v) is 13.2. The molecule has 6 rings (SSSR count). The first-order chi connectivity index (χ1) is 19.5. The van der Waals surface area contributed by atoms with E-state index in [1.54, 1.807) is 12.1 Å². The number of aromatic nitrogens is 7. The molecular weight excluding hydrogens is 582 g/mol. The third-order valence-electron chi connectivity index (χ3n) is 6.82. The highest BCUT2D eigenvalue weighted by Crippen LogP contribution is 2.35. The number of hydrogen-bond donors (Lipinski definition) is 2. The van der Waals surface area contributed by atoms with Crippen molar-refractivity contribution in [3.05, 3.63) is 76.3 Å². The zero-order chi connectivity index (χ0) is 28.9. The lowest BCUT2D eigenvalue weighted by atomic mass is 9.85. The van der Waals surface area contributed by atoms with Crippen molar-refractivity contribution >= 4 is 39.9 Å². The van der Waals surface area contributed by atoms with E-state index in [1.165, 1.54) is 18.6 Å². The molecular formula is C26H22Cl2F3N9O. The van der Waals surface area contributed by atoms with Crippen molar-refractivity contribution in [2.75, 3.05) is 18.0 Å². The molecule has 1 aromatic carbocycles. The zero-order valence-corrected chi connectivity index (χ0v) is 22.9. The third kappa shape index (κ3) is 5.39. The minimum atomic E-state index is -4.56. The van der Waals surface area contributed by atoms with E-state index < -0.39 is 17.9 Å². The van der Waals surface area contributed by atoms with E-state index in [2.05, 4.69) is 30.5 Å². The van der Waals surface area contributed by atoms with Gasteiger partial charge in [0.1, 0.15) is 23.2 Å². The van der Waals surface area contributed by atoms with Crippen LogP contribution in [-0.4, -0.2) is 53.8 Å². The Bertz CT molecular complexity index is 1700. The number of pyridine rings is 1. The van der Waals surface area contributed by atoms with E-state index in [1.807, 2.05) is 30.0 Å². The summed E-state index contributed by atoms with van der Waals surface area (Å²) in [6.45, 7) is 2.67. The summed E-state index contributed by atoms with van der Waals surface area (Å²) in [4.78, 5) is 5.89. The summed E-state index contributed by atoms with van der Waals surface area (Å²) < 4.78 is 44.6. The van der Waals surface area contributed by atoms with Crippen LogP contribution in [0.3, 0.4) is 0 Å². The molecule has 10 nitrogen and oxygen atoms in total. The molecule has 0 saturated carbocycles.